The van der Waals surface area contributed by atoms with Crippen molar-refractivity contribution in [2.45, 2.75) is 26.9 Å². The van der Waals surface area contributed by atoms with Crippen LogP contribution >= 0.6 is 0 Å². The van der Waals surface area contributed by atoms with Crippen LogP contribution in [0.2, 0.25) is 0 Å². The van der Waals surface area contributed by atoms with Gasteiger partial charge in [-0.05, 0) is 37.4 Å². The van der Waals surface area contributed by atoms with Crippen molar-refractivity contribution in [3.8, 4) is 0 Å². The number of pyridine rings is 1. The summed E-state index contributed by atoms with van der Waals surface area (Å²) in [5.74, 6) is 0.911. The summed E-state index contributed by atoms with van der Waals surface area (Å²) in [6.45, 7) is 9.17. The molecule has 0 saturated carbocycles. The van der Waals surface area contributed by atoms with E-state index in [2.05, 4.69) is 51.8 Å². The van der Waals surface area contributed by atoms with E-state index in [1.54, 1.807) is 0 Å². The quantitative estimate of drug-likeness (QED) is 0.633. The maximum Gasteiger partial charge on any atom is 0.204 e. The van der Waals surface area contributed by atoms with Gasteiger partial charge in [-0.1, -0.05) is 32.0 Å². The van der Waals surface area contributed by atoms with Crippen molar-refractivity contribution in [1.29, 1.82) is 0 Å². The summed E-state index contributed by atoms with van der Waals surface area (Å²) in [5, 5.41) is 3.45. The van der Waals surface area contributed by atoms with E-state index in [4.69, 9.17) is 4.98 Å². The van der Waals surface area contributed by atoms with Crippen molar-refractivity contribution < 1.29 is 12.4 Å². The third-order valence-corrected chi connectivity index (χ3v) is 4.34. The van der Waals surface area contributed by atoms with Crippen molar-refractivity contribution in [2.24, 2.45) is 0 Å². The van der Waals surface area contributed by atoms with Gasteiger partial charge in [-0.15, -0.1) is 0 Å². The third-order valence-electron chi connectivity index (χ3n) is 4.34. The maximum atomic E-state index is 4.76. The monoisotopic (exact) mass is 358 g/mol. The molecule has 0 aliphatic heterocycles. The normalized spacial score (nSPS) is 10.8. The number of imidazole rings is 1. The largest absolute Gasteiger partial charge is 1.00 e. The van der Waals surface area contributed by atoms with E-state index in [0.29, 0.717) is 6.54 Å². The Balaban J connectivity index is 0.00000225. The molecule has 0 unspecified atom stereocenters. The summed E-state index contributed by atoms with van der Waals surface area (Å²) >= 11 is 0. The predicted molar refractivity (Wildman–Crippen MR) is 99.1 cm³/mol. The molecule has 0 spiro atoms. The number of nitrogens with zero attached hydrogens (tertiary/aromatic N) is 4. The van der Waals surface area contributed by atoms with Crippen LogP contribution in [-0.2, 0) is 13.1 Å². The lowest BCUT2D eigenvalue weighted by Gasteiger charge is -2.19. The van der Waals surface area contributed by atoms with Gasteiger partial charge >= 0.3 is 0 Å². The fourth-order valence-electron chi connectivity index (χ4n) is 2.89. The van der Waals surface area contributed by atoms with Gasteiger partial charge in [0.05, 0.1) is 23.3 Å². The first-order valence-electron chi connectivity index (χ1n) is 8.63. The Labute approximate surface area is 155 Å². The van der Waals surface area contributed by atoms with Crippen LogP contribution in [0, 0.1) is 0 Å². The third kappa shape index (κ3) is 4.71. The Hall–Kier alpha value is -2.11. The van der Waals surface area contributed by atoms with Crippen LogP contribution in [0.15, 0.2) is 48.7 Å². The van der Waals surface area contributed by atoms with Crippen LogP contribution in [0.1, 0.15) is 19.5 Å². The van der Waals surface area contributed by atoms with Crippen LogP contribution in [0.4, 0.5) is 5.95 Å². The topological polar surface area (TPSA) is 46.0 Å². The van der Waals surface area contributed by atoms with Gasteiger partial charge in [0.25, 0.3) is 0 Å². The van der Waals surface area contributed by atoms with Gasteiger partial charge < -0.3 is 27.2 Å². The molecule has 6 heteroatoms. The molecule has 0 aliphatic carbocycles. The van der Waals surface area contributed by atoms with Crippen molar-refractivity contribution in [2.75, 3.05) is 25.0 Å². The van der Waals surface area contributed by atoms with Crippen LogP contribution < -0.4 is 17.7 Å². The minimum Gasteiger partial charge on any atom is -1.00 e. The van der Waals surface area contributed by atoms with Gasteiger partial charge in [0.15, 0.2) is 0 Å². The smallest absolute Gasteiger partial charge is 0.204 e. The molecule has 2 heterocycles. The van der Waals surface area contributed by atoms with Gasteiger partial charge in [0.2, 0.25) is 5.95 Å². The number of aromatic nitrogens is 3. The second kappa shape index (κ2) is 9.39. The molecule has 0 atom stereocenters. The molecule has 0 amide bonds. The van der Waals surface area contributed by atoms with Crippen molar-refractivity contribution in [1.82, 2.24) is 19.4 Å². The highest BCUT2D eigenvalue weighted by molar-refractivity contribution is 5.78. The summed E-state index contributed by atoms with van der Waals surface area (Å²) in [6.07, 6.45) is 1.82. The van der Waals surface area contributed by atoms with E-state index >= 15 is 0 Å². The Morgan fingerprint density at radius 1 is 1.04 bits per heavy atom. The minimum absolute atomic E-state index is 0. The lowest BCUT2D eigenvalue weighted by Crippen LogP contribution is -3.00. The zero-order chi connectivity index (χ0) is 16.8. The molecule has 25 heavy (non-hydrogen) atoms. The van der Waals surface area contributed by atoms with Crippen molar-refractivity contribution >= 4 is 17.0 Å². The number of hydrogen-bond acceptors (Lipinski definition) is 4. The number of benzene rings is 1. The lowest BCUT2D eigenvalue weighted by atomic mass is 10.3. The SMILES string of the molecule is CCN(CC)CCn1c(NCc2ccccn2)nc2ccccc21.[Cl-]. The first-order chi connectivity index (χ1) is 11.8. The van der Waals surface area contributed by atoms with E-state index < -0.39 is 0 Å². The number of anilines is 1. The zero-order valence-electron chi connectivity index (χ0n) is 14.8. The number of nitrogens with one attached hydrogen (secondary N) is 1. The predicted octanol–water partition coefficient (Wildman–Crippen LogP) is 0.389. The van der Waals surface area contributed by atoms with Gasteiger partial charge in [0.1, 0.15) is 0 Å². The average molecular weight is 359 g/mol. The Bertz CT molecular complexity index is 768. The minimum atomic E-state index is 0. The molecule has 3 aromatic rings. The Kier molecular flexibility index (Phi) is 7.22. The fraction of sp³-hybridized carbons (Fsp3) is 0.368. The maximum absolute atomic E-state index is 4.76. The molecule has 0 aliphatic rings. The number of hydrogen-bond donors (Lipinski definition) is 1. The molecule has 0 fully saturated rings. The molecule has 2 aromatic heterocycles. The highest BCUT2D eigenvalue weighted by Gasteiger charge is 2.11. The molecule has 0 radical (unpaired) electrons. The number of halogens is 1. The van der Waals surface area contributed by atoms with E-state index in [1.165, 1.54) is 5.52 Å². The summed E-state index contributed by atoms with van der Waals surface area (Å²) in [7, 11) is 0. The standard InChI is InChI=1S/C19H25N5.ClH/c1-3-23(4-2)13-14-24-18-11-6-5-10-17(18)22-19(24)21-15-16-9-7-8-12-20-16;/h5-12H,3-4,13-15H2,1-2H3,(H,21,22);1H/p-1. The molecule has 0 saturated heterocycles. The molecule has 1 aromatic carbocycles. The highest BCUT2D eigenvalue weighted by Crippen LogP contribution is 2.20. The number of fused-ring (bicyclic) bond motifs is 1. The molecular weight excluding hydrogens is 334 g/mol. The van der Waals surface area contributed by atoms with Crippen molar-refractivity contribution in [3.05, 3.63) is 54.4 Å². The van der Waals surface area contributed by atoms with E-state index in [-0.39, 0.29) is 12.4 Å². The first kappa shape index (κ1) is 19.2. The summed E-state index contributed by atoms with van der Waals surface area (Å²) in [4.78, 5) is 11.6. The second-order valence-electron chi connectivity index (χ2n) is 5.78. The van der Waals surface area contributed by atoms with E-state index in [1.807, 2.05) is 30.5 Å². The van der Waals surface area contributed by atoms with Crippen molar-refractivity contribution in [3.63, 3.8) is 0 Å². The molecule has 1 N–H and O–H groups in total. The summed E-state index contributed by atoms with van der Waals surface area (Å²) in [6, 6.07) is 14.3. The molecule has 0 bridgehead atoms. The zero-order valence-corrected chi connectivity index (χ0v) is 15.6. The summed E-state index contributed by atoms with van der Waals surface area (Å²) < 4.78 is 2.27. The summed E-state index contributed by atoms with van der Waals surface area (Å²) in [5.41, 5.74) is 3.22. The molecule has 3 rings (SSSR count). The number of para-hydroxylation sites is 2. The molecular formula is C19H25ClN5-. The average Bonchev–Trinajstić information content (AvgIpc) is 2.99. The lowest BCUT2D eigenvalue weighted by molar-refractivity contribution is -0.00000516. The molecule has 5 nitrogen and oxygen atoms in total. The van der Waals surface area contributed by atoms with Crippen LogP contribution in [0.5, 0.6) is 0 Å². The first-order valence-corrected chi connectivity index (χ1v) is 8.63. The fourth-order valence-corrected chi connectivity index (χ4v) is 2.89. The Morgan fingerprint density at radius 2 is 1.80 bits per heavy atom. The van der Waals surface area contributed by atoms with Crippen LogP contribution in [-0.4, -0.2) is 39.1 Å². The van der Waals surface area contributed by atoms with Gasteiger partial charge in [-0.2, -0.15) is 0 Å². The van der Waals surface area contributed by atoms with Gasteiger partial charge in [-0.3, -0.25) is 4.98 Å². The van der Waals surface area contributed by atoms with E-state index in [0.717, 1.165) is 43.3 Å². The van der Waals surface area contributed by atoms with Gasteiger partial charge in [-0.25, -0.2) is 4.98 Å². The van der Waals surface area contributed by atoms with Crippen LogP contribution in [0.25, 0.3) is 11.0 Å². The van der Waals surface area contributed by atoms with E-state index in [9.17, 15) is 0 Å². The number of likely N-dealkylation sites (N-methyl/N-ethyl adjacent to an activating group) is 1. The molecule has 134 valence electrons. The number of rotatable bonds is 8. The van der Waals surface area contributed by atoms with Crippen LogP contribution in [0.3, 0.4) is 0 Å². The highest BCUT2D eigenvalue weighted by atomic mass is 35.5. The Morgan fingerprint density at radius 3 is 2.52 bits per heavy atom. The van der Waals surface area contributed by atoms with Gasteiger partial charge in [0, 0.05) is 19.3 Å². The second-order valence-corrected chi connectivity index (χ2v) is 5.78.